The summed E-state index contributed by atoms with van der Waals surface area (Å²) < 4.78 is 1.64. The van der Waals surface area contributed by atoms with E-state index in [1.807, 2.05) is 6.92 Å². The molecule has 1 N–H and O–H groups in total. The molecule has 23 heavy (non-hydrogen) atoms. The molecule has 0 unspecified atom stereocenters. The first-order valence-electron chi connectivity index (χ1n) is 7.60. The van der Waals surface area contributed by atoms with Crippen molar-refractivity contribution < 1.29 is 4.79 Å². The molecular formula is C15H19N5O2S. The summed E-state index contributed by atoms with van der Waals surface area (Å²) in [5, 5.41) is 3.47. The average Bonchev–Trinajstić information content (AvgIpc) is 2.95. The Morgan fingerprint density at radius 3 is 2.87 bits per heavy atom. The standard InChI is InChI=1S/C15H19N5O2S/c1-11-8-17-14(23-11)18-15(22)19-6-3-12(4-7-19)9-20-10-16-5-2-13(20)21/h2,5,8,10,12H,3-4,6-7,9H2,1H3,(H,17,18,22). The fourth-order valence-corrected chi connectivity index (χ4v) is 3.35. The second kappa shape index (κ2) is 6.91. The van der Waals surface area contributed by atoms with Gasteiger partial charge in [-0.05, 0) is 25.7 Å². The maximum absolute atomic E-state index is 12.2. The van der Waals surface area contributed by atoms with Crippen molar-refractivity contribution in [2.24, 2.45) is 5.92 Å². The molecule has 1 saturated heterocycles. The van der Waals surface area contributed by atoms with Gasteiger partial charge in [-0.1, -0.05) is 0 Å². The van der Waals surface area contributed by atoms with Crippen LogP contribution < -0.4 is 10.9 Å². The van der Waals surface area contributed by atoms with Crippen LogP contribution in [0.5, 0.6) is 0 Å². The van der Waals surface area contributed by atoms with Gasteiger partial charge in [0.15, 0.2) is 5.13 Å². The number of urea groups is 1. The molecule has 1 aliphatic rings. The summed E-state index contributed by atoms with van der Waals surface area (Å²) in [6.07, 6.45) is 6.59. The lowest BCUT2D eigenvalue weighted by molar-refractivity contribution is 0.176. The van der Waals surface area contributed by atoms with Crippen LogP contribution in [0.15, 0.2) is 29.6 Å². The van der Waals surface area contributed by atoms with Gasteiger partial charge in [-0.2, -0.15) is 0 Å². The number of nitrogens with zero attached hydrogens (tertiary/aromatic N) is 4. The molecule has 2 aromatic heterocycles. The first-order valence-corrected chi connectivity index (χ1v) is 8.42. The van der Waals surface area contributed by atoms with E-state index in [0.717, 1.165) is 17.7 Å². The van der Waals surface area contributed by atoms with Gasteiger partial charge < -0.3 is 4.90 Å². The normalized spacial score (nSPS) is 15.6. The number of anilines is 1. The Balaban J connectivity index is 1.51. The van der Waals surface area contributed by atoms with E-state index in [-0.39, 0.29) is 11.6 Å². The lowest BCUT2D eigenvalue weighted by Crippen LogP contribution is -2.42. The van der Waals surface area contributed by atoms with Crippen LogP contribution in [0, 0.1) is 12.8 Å². The van der Waals surface area contributed by atoms with Gasteiger partial charge in [0.1, 0.15) is 0 Å². The van der Waals surface area contributed by atoms with Crippen LogP contribution in [-0.4, -0.2) is 38.6 Å². The number of piperidine rings is 1. The number of nitrogens with one attached hydrogen (secondary N) is 1. The monoisotopic (exact) mass is 333 g/mol. The number of aryl methyl sites for hydroxylation is 1. The van der Waals surface area contributed by atoms with E-state index in [1.165, 1.54) is 23.6 Å². The quantitative estimate of drug-likeness (QED) is 0.931. The van der Waals surface area contributed by atoms with Crippen molar-refractivity contribution in [3.8, 4) is 0 Å². The van der Waals surface area contributed by atoms with E-state index >= 15 is 0 Å². The zero-order valence-corrected chi connectivity index (χ0v) is 13.8. The topological polar surface area (TPSA) is 80.1 Å². The Kier molecular flexibility index (Phi) is 4.71. The highest BCUT2D eigenvalue weighted by molar-refractivity contribution is 7.15. The molecule has 0 atom stereocenters. The predicted octanol–water partition coefficient (Wildman–Crippen LogP) is 1.95. The van der Waals surface area contributed by atoms with Gasteiger partial charge in [0, 0.05) is 43.0 Å². The molecule has 1 aliphatic heterocycles. The fraction of sp³-hybridized carbons (Fsp3) is 0.467. The molecule has 2 amide bonds. The zero-order chi connectivity index (χ0) is 16.2. The molecule has 0 bridgehead atoms. The summed E-state index contributed by atoms with van der Waals surface area (Å²) in [4.78, 5) is 34.9. The molecule has 0 spiro atoms. The lowest BCUT2D eigenvalue weighted by Gasteiger charge is -2.31. The molecular weight excluding hydrogens is 314 g/mol. The average molecular weight is 333 g/mol. The van der Waals surface area contributed by atoms with E-state index in [1.54, 1.807) is 22.0 Å². The Morgan fingerprint density at radius 2 is 2.22 bits per heavy atom. The number of hydrogen-bond acceptors (Lipinski definition) is 5. The summed E-state index contributed by atoms with van der Waals surface area (Å²) in [6.45, 7) is 4.00. The summed E-state index contributed by atoms with van der Waals surface area (Å²) in [5.74, 6) is 0.392. The molecule has 2 aromatic rings. The van der Waals surface area contributed by atoms with Crippen molar-refractivity contribution >= 4 is 22.5 Å². The van der Waals surface area contributed by atoms with Gasteiger partial charge in [0.25, 0.3) is 5.56 Å². The number of likely N-dealkylation sites (tertiary alicyclic amines) is 1. The molecule has 122 valence electrons. The number of carbonyl (C=O) groups excluding carboxylic acids is 1. The third kappa shape index (κ3) is 3.95. The molecule has 3 heterocycles. The summed E-state index contributed by atoms with van der Waals surface area (Å²) in [6, 6.07) is 1.37. The summed E-state index contributed by atoms with van der Waals surface area (Å²) in [5.41, 5.74) is -0.0284. The minimum absolute atomic E-state index is 0.0284. The maximum Gasteiger partial charge on any atom is 0.323 e. The van der Waals surface area contributed by atoms with Crippen molar-refractivity contribution in [2.75, 3.05) is 18.4 Å². The third-order valence-corrected chi connectivity index (χ3v) is 4.81. The number of carbonyl (C=O) groups is 1. The fourth-order valence-electron chi connectivity index (χ4n) is 2.70. The van der Waals surface area contributed by atoms with Crippen molar-refractivity contribution in [1.29, 1.82) is 0 Å². The van der Waals surface area contributed by atoms with Crippen LogP contribution in [0.1, 0.15) is 17.7 Å². The van der Waals surface area contributed by atoms with Crippen molar-refractivity contribution in [3.63, 3.8) is 0 Å². The van der Waals surface area contributed by atoms with Crippen molar-refractivity contribution in [2.45, 2.75) is 26.3 Å². The van der Waals surface area contributed by atoms with Gasteiger partial charge in [0.05, 0.1) is 6.33 Å². The van der Waals surface area contributed by atoms with Gasteiger partial charge in [-0.15, -0.1) is 11.3 Å². The minimum atomic E-state index is -0.101. The number of rotatable bonds is 3. The number of hydrogen-bond donors (Lipinski definition) is 1. The molecule has 0 saturated carbocycles. The van der Waals surface area contributed by atoms with Crippen LogP contribution >= 0.6 is 11.3 Å². The highest BCUT2D eigenvalue weighted by Gasteiger charge is 2.23. The lowest BCUT2D eigenvalue weighted by atomic mass is 9.97. The van der Waals surface area contributed by atoms with E-state index < -0.39 is 0 Å². The second-order valence-electron chi connectivity index (χ2n) is 5.71. The van der Waals surface area contributed by atoms with E-state index in [4.69, 9.17) is 0 Å². The number of thiazole rings is 1. The summed E-state index contributed by atoms with van der Waals surface area (Å²) in [7, 11) is 0. The van der Waals surface area contributed by atoms with Crippen LogP contribution in [-0.2, 0) is 6.54 Å². The maximum atomic E-state index is 12.2. The number of aromatic nitrogens is 3. The Morgan fingerprint density at radius 1 is 1.43 bits per heavy atom. The molecule has 0 radical (unpaired) electrons. The van der Waals surface area contributed by atoms with Gasteiger partial charge in [-0.3, -0.25) is 14.7 Å². The van der Waals surface area contributed by atoms with Gasteiger partial charge >= 0.3 is 6.03 Å². The van der Waals surface area contributed by atoms with Gasteiger partial charge in [-0.25, -0.2) is 14.8 Å². The zero-order valence-electron chi connectivity index (χ0n) is 12.9. The van der Waals surface area contributed by atoms with Gasteiger partial charge in [0.2, 0.25) is 0 Å². The summed E-state index contributed by atoms with van der Waals surface area (Å²) >= 11 is 1.47. The Bertz CT molecular complexity index is 733. The molecule has 3 rings (SSSR count). The molecule has 1 fully saturated rings. The highest BCUT2D eigenvalue weighted by Crippen LogP contribution is 2.21. The van der Waals surface area contributed by atoms with Crippen LogP contribution in [0.4, 0.5) is 9.93 Å². The third-order valence-electron chi connectivity index (χ3n) is 3.98. The second-order valence-corrected chi connectivity index (χ2v) is 6.94. The molecule has 8 heteroatoms. The molecule has 0 aromatic carbocycles. The Labute approximate surface area is 138 Å². The molecule has 0 aliphatic carbocycles. The molecule has 7 nitrogen and oxygen atoms in total. The van der Waals surface area contributed by atoms with Crippen molar-refractivity contribution in [3.05, 3.63) is 40.0 Å². The number of amides is 2. The van der Waals surface area contributed by atoms with Crippen LogP contribution in [0.2, 0.25) is 0 Å². The van der Waals surface area contributed by atoms with E-state index in [2.05, 4.69) is 15.3 Å². The minimum Gasteiger partial charge on any atom is -0.324 e. The largest absolute Gasteiger partial charge is 0.324 e. The first kappa shape index (κ1) is 15.7. The highest BCUT2D eigenvalue weighted by atomic mass is 32.1. The Hall–Kier alpha value is -2.22. The van der Waals surface area contributed by atoms with Crippen LogP contribution in [0.25, 0.3) is 0 Å². The van der Waals surface area contributed by atoms with E-state index in [9.17, 15) is 9.59 Å². The SMILES string of the molecule is Cc1cnc(NC(=O)N2CCC(Cn3cnccc3=O)CC2)s1. The van der Waals surface area contributed by atoms with Crippen LogP contribution in [0.3, 0.4) is 0 Å². The predicted molar refractivity (Wildman–Crippen MR) is 88.7 cm³/mol. The van der Waals surface area contributed by atoms with Crippen molar-refractivity contribution in [1.82, 2.24) is 19.4 Å². The first-order chi connectivity index (χ1) is 11.1. The van der Waals surface area contributed by atoms with E-state index in [0.29, 0.717) is 30.7 Å². The smallest absolute Gasteiger partial charge is 0.323 e.